The quantitative estimate of drug-likeness (QED) is 0.686. The minimum absolute atomic E-state index is 0.158. The van der Waals surface area contributed by atoms with Crippen LogP contribution in [0.25, 0.3) is 0 Å². The second kappa shape index (κ2) is 6.66. The molecular formula is C17H19Cl3N2O4. The first-order valence-corrected chi connectivity index (χ1v) is 9.16. The lowest BCUT2D eigenvalue weighted by molar-refractivity contribution is -0.137. The van der Waals surface area contributed by atoms with Crippen molar-refractivity contribution >= 4 is 52.3 Å². The lowest BCUT2D eigenvalue weighted by atomic mass is 10.2. The van der Waals surface area contributed by atoms with Crippen LogP contribution < -0.4 is 14.4 Å². The Hall–Kier alpha value is -1.37. The van der Waals surface area contributed by atoms with Gasteiger partial charge in [0.05, 0.1) is 19.9 Å². The summed E-state index contributed by atoms with van der Waals surface area (Å²) in [5.74, 6) is 0.512. The third kappa shape index (κ3) is 3.08. The van der Waals surface area contributed by atoms with Crippen LogP contribution in [0.2, 0.25) is 0 Å². The highest BCUT2D eigenvalue weighted by atomic mass is 35.5. The van der Waals surface area contributed by atoms with Gasteiger partial charge in [-0.15, -0.1) is 11.6 Å². The number of carbonyl (C=O) groups excluding carboxylic acids is 2. The van der Waals surface area contributed by atoms with Gasteiger partial charge >= 0.3 is 0 Å². The largest absolute Gasteiger partial charge is 0.497 e. The summed E-state index contributed by atoms with van der Waals surface area (Å²) in [5, 5.41) is 0. The molecule has 1 saturated carbocycles. The Labute approximate surface area is 166 Å². The van der Waals surface area contributed by atoms with E-state index in [9.17, 15) is 9.59 Å². The van der Waals surface area contributed by atoms with E-state index in [1.54, 1.807) is 44.4 Å². The molecule has 0 bridgehead atoms. The van der Waals surface area contributed by atoms with E-state index < -0.39 is 21.2 Å². The fourth-order valence-electron chi connectivity index (χ4n) is 3.14. The number of hydrogen-bond acceptors (Lipinski definition) is 4. The Balaban J connectivity index is 1.79. The first-order valence-electron chi connectivity index (χ1n) is 8.03. The third-order valence-electron chi connectivity index (χ3n) is 4.87. The van der Waals surface area contributed by atoms with Crippen molar-refractivity contribution in [3.05, 3.63) is 18.2 Å². The molecule has 2 aliphatic rings. The summed E-state index contributed by atoms with van der Waals surface area (Å²) >= 11 is 18.2. The standard InChI is InChI=1S/C17H19Cl3N2O4/c1-21(15(24)16(18)9-17(16,19)20)13-4-5-22(14(13)23)10-6-11(25-2)8-12(7-10)26-3/h6-8,13H,4-5,9H2,1-3H3. The van der Waals surface area contributed by atoms with Crippen LogP contribution in [0, 0.1) is 0 Å². The molecule has 1 saturated heterocycles. The van der Waals surface area contributed by atoms with Crippen molar-refractivity contribution in [3.8, 4) is 11.5 Å². The van der Waals surface area contributed by atoms with E-state index in [4.69, 9.17) is 44.3 Å². The molecule has 1 aromatic carbocycles. The zero-order valence-corrected chi connectivity index (χ0v) is 16.9. The molecule has 6 nitrogen and oxygen atoms in total. The molecule has 3 rings (SSSR count). The highest BCUT2D eigenvalue weighted by Crippen LogP contribution is 2.62. The van der Waals surface area contributed by atoms with Gasteiger partial charge in [-0.1, -0.05) is 23.2 Å². The number of methoxy groups -OCH3 is 2. The number of hydrogen-bond donors (Lipinski definition) is 0. The smallest absolute Gasteiger partial charge is 0.249 e. The molecule has 1 aliphatic heterocycles. The average Bonchev–Trinajstić information content (AvgIpc) is 2.94. The molecule has 0 N–H and O–H groups in total. The van der Waals surface area contributed by atoms with Crippen molar-refractivity contribution in [1.82, 2.24) is 4.90 Å². The summed E-state index contributed by atoms with van der Waals surface area (Å²) in [5.41, 5.74) is 0.644. The molecule has 1 heterocycles. The summed E-state index contributed by atoms with van der Waals surface area (Å²) in [6.07, 6.45) is 0.636. The molecule has 142 valence electrons. The van der Waals surface area contributed by atoms with E-state index in [1.807, 2.05) is 0 Å². The van der Waals surface area contributed by atoms with Gasteiger partial charge in [-0.05, 0) is 6.42 Å². The molecule has 0 radical (unpaired) electrons. The highest BCUT2D eigenvalue weighted by molar-refractivity contribution is 6.62. The third-order valence-corrected chi connectivity index (χ3v) is 6.60. The summed E-state index contributed by atoms with van der Waals surface area (Å²) in [4.78, 5) is 27.1. The Morgan fingerprint density at radius 1 is 1.19 bits per heavy atom. The number of nitrogens with zero attached hydrogens (tertiary/aromatic N) is 2. The number of halogens is 3. The van der Waals surface area contributed by atoms with Gasteiger partial charge in [0, 0.05) is 38.2 Å². The van der Waals surface area contributed by atoms with E-state index in [0.717, 1.165) is 0 Å². The van der Waals surface area contributed by atoms with Gasteiger partial charge in [0.25, 0.3) is 0 Å². The summed E-state index contributed by atoms with van der Waals surface area (Å²) in [6, 6.07) is 4.59. The van der Waals surface area contributed by atoms with Crippen LogP contribution in [0.3, 0.4) is 0 Å². The topological polar surface area (TPSA) is 59.1 Å². The van der Waals surface area contributed by atoms with Crippen molar-refractivity contribution in [2.45, 2.75) is 28.1 Å². The van der Waals surface area contributed by atoms with Gasteiger partial charge in [-0.2, -0.15) is 0 Å². The molecular weight excluding hydrogens is 403 g/mol. The maximum absolute atomic E-state index is 12.9. The van der Waals surface area contributed by atoms with Gasteiger partial charge in [0.1, 0.15) is 21.9 Å². The highest BCUT2D eigenvalue weighted by Gasteiger charge is 2.72. The molecule has 9 heteroatoms. The normalized spacial score (nSPS) is 26.6. The Morgan fingerprint density at radius 3 is 2.19 bits per heavy atom. The van der Waals surface area contributed by atoms with E-state index in [0.29, 0.717) is 30.2 Å². The van der Waals surface area contributed by atoms with Crippen LogP contribution in [-0.2, 0) is 9.59 Å². The maximum atomic E-state index is 12.9. The summed E-state index contributed by atoms with van der Waals surface area (Å²) in [7, 11) is 4.63. The van der Waals surface area contributed by atoms with Gasteiger partial charge in [0.15, 0.2) is 4.87 Å². The molecule has 2 fully saturated rings. The maximum Gasteiger partial charge on any atom is 0.249 e. The Bertz CT molecular complexity index is 735. The molecule has 0 spiro atoms. The lowest BCUT2D eigenvalue weighted by Crippen LogP contribution is -2.47. The van der Waals surface area contributed by atoms with Crippen molar-refractivity contribution in [3.63, 3.8) is 0 Å². The fraction of sp³-hybridized carbons (Fsp3) is 0.529. The van der Waals surface area contributed by atoms with Gasteiger partial charge < -0.3 is 19.3 Å². The van der Waals surface area contributed by atoms with Gasteiger partial charge in [-0.3, -0.25) is 9.59 Å². The number of benzene rings is 1. The summed E-state index contributed by atoms with van der Waals surface area (Å²) < 4.78 is 9.21. The van der Waals surface area contributed by atoms with Crippen LogP contribution >= 0.6 is 34.8 Å². The molecule has 1 aliphatic carbocycles. The SMILES string of the molecule is COc1cc(OC)cc(N2CCC(N(C)C(=O)C3(Cl)CC3(Cl)Cl)C2=O)c1. The van der Waals surface area contributed by atoms with E-state index in [1.165, 1.54) is 4.90 Å². The van der Waals surface area contributed by atoms with Crippen LogP contribution in [0.1, 0.15) is 12.8 Å². The number of anilines is 1. The molecule has 2 unspecified atom stereocenters. The number of alkyl halides is 3. The van der Waals surface area contributed by atoms with Crippen molar-refractivity contribution < 1.29 is 19.1 Å². The number of likely N-dealkylation sites (N-methyl/N-ethyl adjacent to an activating group) is 1. The molecule has 1 aromatic rings. The number of ether oxygens (including phenoxy) is 2. The first kappa shape index (κ1) is 19.4. The van der Waals surface area contributed by atoms with Crippen molar-refractivity contribution in [2.75, 3.05) is 32.7 Å². The minimum Gasteiger partial charge on any atom is -0.497 e. The molecule has 2 atom stereocenters. The zero-order chi connectivity index (χ0) is 19.3. The minimum atomic E-state index is -1.36. The first-order chi connectivity index (χ1) is 12.1. The zero-order valence-electron chi connectivity index (χ0n) is 14.6. The van der Waals surface area contributed by atoms with E-state index >= 15 is 0 Å². The monoisotopic (exact) mass is 420 g/mol. The van der Waals surface area contributed by atoms with Gasteiger partial charge in [-0.25, -0.2) is 0 Å². The van der Waals surface area contributed by atoms with Gasteiger partial charge in [0.2, 0.25) is 11.8 Å². The molecule has 0 aromatic heterocycles. The fourth-order valence-corrected chi connectivity index (χ4v) is 4.18. The Morgan fingerprint density at radius 2 is 1.73 bits per heavy atom. The summed E-state index contributed by atoms with van der Waals surface area (Å²) in [6.45, 7) is 0.458. The van der Waals surface area contributed by atoms with Crippen LogP contribution in [0.5, 0.6) is 11.5 Å². The van der Waals surface area contributed by atoms with Crippen molar-refractivity contribution in [1.29, 1.82) is 0 Å². The van der Waals surface area contributed by atoms with E-state index in [2.05, 4.69) is 0 Å². The van der Waals surface area contributed by atoms with Crippen LogP contribution in [-0.4, -0.2) is 59.8 Å². The predicted octanol–water partition coefficient (Wildman–Crippen LogP) is 2.82. The van der Waals surface area contributed by atoms with Crippen LogP contribution in [0.15, 0.2) is 18.2 Å². The van der Waals surface area contributed by atoms with Crippen LogP contribution in [0.4, 0.5) is 5.69 Å². The number of rotatable bonds is 5. The van der Waals surface area contributed by atoms with Crippen molar-refractivity contribution in [2.24, 2.45) is 0 Å². The Kier molecular flexibility index (Phi) is 4.97. The number of amides is 2. The molecule has 26 heavy (non-hydrogen) atoms. The van der Waals surface area contributed by atoms with E-state index in [-0.39, 0.29) is 12.3 Å². The molecule has 2 amide bonds. The lowest BCUT2D eigenvalue weighted by Gasteiger charge is -2.26. The number of carbonyl (C=O) groups is 2. The average molecular weight is 422 g/mol. The predicted molar refractivity (Wildman–Crippen MR) is 101 cm³/mol. The second-order valence-electron chi connectivity index (χ2n) is 6.46. The second-order valence-corrected chi connectivity index (χ2v) is 8.59.